The van der Waals surface area contributed by atoms with Crippen molar-refractivity contribution in [2.75, 3.05) is 6.54 Å². The van der Waals surface area contributed by atoms with Crippen molar-refractivity contribution in [1.29, 1.82) is 0 Å². The largest absolute Gasteiger partial charge is 0.295 e. The number of carbonyl (C=O) groups is 1. The number of hydrogen-bond donors (Lipinski definition) is 0. The van der Waals surface area contributed by atoms with Crippen molar-refractivity contribution in [1.82, 2.24) is 4.57 Å². The minimum Gasteiger partial charge on any atom is -0.295 e. The van der Waals surface area contributed by atoms with E-state index >= 15 is 0 Å². The summed E-state index contributed by atoms with van der Waals surface area (Å²) in [5.74, 6) is -0.570. The van der Waals surface area contributed by atoms with Gasteiger partial charge in [0.2, 0.25) is 12.5 Å². The number of hydrogen-bond acceptors (Lipinski definition) is 3. The molecule has 2 rings (SSSR count). The Hall–Kier alpha value is -2.69. The molecule has 2 aromatic rings. The van der Waals surface area contributed by atoms with E-state index in [0.717, 1.165) is 5.56 Å². The highest BCUT2D eigenvalue weighted by Gasteiger charge is 2.17. The van der Waals surface area contributed by atoms with Crippen LogP contribution >= 0.6 is 0 Å². The van der Waals surface area contributed by atoms with Crippen LogP contribution in [0.4, 0.5) is 0 Å². The summed E-state index contributed by atoms with van der Waals surface area (Å²) in [4.78, 5) is 22.4. The second-order valence-electron chi connectivity index (χ2n) is 4.73. The third kappa shape index (κ3) is 4.72. The molecule has 1 heterocycles. The highest BCUT2D eigenvalue weighted by Crippen LogP contribution is 2.11. The van der Waals surface area contributed by atoms with Crippen molar-refractivity contribution in [3.05, 3.63) is 76.6 Å². The summed E-state index contributed by atoms with van der Waals surface area (Å²) < 4.78 is 1.45. The Bertz CT molecular complexity index is 618. The number of nitrogens with zero attached hydrogens (tertiary/aromatic N) is 2. The first-order chi connectivity index (χ1) is 10.1. The zero-order valence-electron chi connectivity index (χ0n) is 11.5. The maximum atomic E-state index is 12.0. The van der Waals surface area contributed by atoms with Crippen LogP contribution in [0.25, 0.3) is 6.08 Å². The molecule has 0 radical (unpaired) electrons. The molecule has 0 aliphatic heterocycles. The van der Waals surface area contributed by atoms with Gasteiger partial charge in [0, 0.05) is 23.7 Å². The topological polar surface area (TPSA) is 65.1 Å². The number of rotatable bonds is 6. The minimum atomic E-state index is -0.421. The normalized spacial score (nSPS) is 12.4. The van der Waals surface area contributed by atoms with Crippen molar-refractivity contribution < 1.29 is 9.72 Å². The molecule has 5 nitrogen and oxygen atoms in total. The summed E-state index contributed by atoms with van der Waals surface area (Å²) >= 11 is 0. The fourth-order valence-corrected chi connectivity index (χ4v) is 2.03. The second kappa shape index (κ2) is 7.19. The molecular formula is C16H16N2O3. The molecule has 0 unspecified atom stereocenters. The van der Waals surface area contributed by atoms with E-state index in [-0.39, 0.29) is 23.8 Å². The maximum Gasteiger partial charge on any atom is 0.231 e. The smallest absolute Gasteiger partial charge is 0.231 e. The van der Waals surface area contributed by atoms with Crippen LogP contribution in [0.5, 0.6) is 0 Å². The van der Waals surface area contributed by atoms with Gasteiger partial charge in [-0.15, -0.1) is 0 Å². The Morgan fingerprint density at radius 1 is 1.19 bits per heavy atom. The van der Waals surface area contributed by atoms with Crippen LogP contribution in [0.3, 0.4) is 0 Å². The van der Waals surface area contributed by atoms with Gasteiger partial charge in [0.15, 0.2) is 0 Å². The van der Waals surface area contributed by atoms with Crippen molar-refractivity contribution in [3.63, 3.8) is 0 Å². The van der Waals surface area contributed by atoms with E-state index in [0.29, 0.717) is 0 Å². The van der Waals surface area contributed by atoms with Gasteiger partial charge in [-0.1, -0.05) is 42.5 Å². The van der Waals surface area contributed by atoms with Crippen molar-refractivity contribution >= 4 is 12.0 Å². The predicted molar refractivity (Wildman–Crippen MR) is 80.5 cm³/mol. The number of nitro groups is 1. The molecule has 0 spiro atoms. The van der Waals surface area contributed by atoms with Gasteiger partial charge < -0.3 is 0 Å². The maximum absolute atomic E-state index is 12.0. The first-order valence-electron chi connectivity index (χ1n) is 6.66. The van der Waals surface area contributed by atoms with Gasteiger partial charge in [-0.2, -0.15) is 0 Å². The van der Waals surface area contributed by atoms with Crippen molar-refractivity contribution in [2.24, 2.45) is 5.92 Å². The summed E-state index contributed by atoms with van der Waals surface area (Å²) in [5, 5.41) is 10.7. The Balaban J connectivity index is 2.06. The molecule has 0 saturated heterocycles. The Morgan fingerprint density at radius 3 is 2.48 bits per heavy atom. The molecule has 1 aromatic heterocycles. The average Bonchev–Trinajstić information content (AvgIpc) is 2.99. The van der Waals surface area contributed by atoms with Crippen molar-refractivity contribution in [3.8, 4) is 0 Å². The number of aromatic nitrogens is 1. The summed E-state index contributed by atoms with van der Waals surface area (Å²) in [6, 6.07) is 13.0. The molecule has 0 amide bonds. The Morgan fingerprint density at radius 2 is 1.86 bits per heavy atom. The van der Waals surface area contributed by atoms with Crippen LogP contribution in [0.15, 0.2) is 60.9 Å². The molecule has 5 heteroatoms. The van der Waals surface area contributed by atoms with Crippen LogP contribution in [0, 0.1) is 16.0 Å². The molecule has 0 fully saturated rings. The third-order valence-corrected chi connectivity index (χ3v) is 3.07. The van der Waals surface area contributed by atoms with Crippen LogP contribution in [0.2, 0.25) is 0 Å². The highest BCUT2D eigenvalue weighted by molar-refractivity contribution is 5.79. The Kier molecular flexibility index (Phi) is 5.04. The quantitative estimate of drug-likeness (QED) is 0.604. The lowest BCUT2D eigenvalue weighted by atomic mass is 10.0. The molecule has 108 valence electrons. The summed E-state index contributed by atoms with van der Waals surface area (Å²) in [7, 11) is 0. The van der Waals surface area contributed by atoms with E-state index in [1.54, 1.807) is 30.6 Å². The van der Waals surface area contributed by atoms with E-state index in [9.17, 15) is 14.9 Å². The monoisotopic (exact) mass is 284 g/mol. The fourth-order valence-electron chi connectivity index (χ4n) is 2.03. The van der Waals surface area contributed by atoms with E-state index < -0.39 is 5.92 Å². The van der Waals surface area contributed by atoms with E-state index in [1.165, 1.54) is 4.57 Å². The van der Waals surface area contributed by atoms with Gasteiger partial charge in [-0.3, -0.25) is 19.5 Å². The first kappa shape index (κ1) is 14.7. The molecule has 1 aromatic carbocycles. The molecule has 1 atom stereocenters. The van der Waals surface area contributed by atoms with E-state index in [1.807, 2.05) is 36.4 Å². The Labute approximate surface area is 122 Å². The SMILES string of the molecule is O=C(C[C@@H](/C=C/c1ccccc1)C[N+](=O)[O-])n1cccc1. The van der Waals surface area contributed by atoms with E-state index in [4.69, 9.17) is 0 Å². The summed E-state index contributed by atoms with van der Waals surface area (Å²) in [6.45, 7) is -0.254. The van der Waals surface area contributed by atoms with Gasteiger partial charge >= 0.3 is 0 Å². The summed E-state index contributed by atoms with van der Waals surface area (Å²) in [6.07, 6.45) is 6.95. The second-order valence-corrected chi connectivity index (χ2v) is 4.73. The lowest BCUT2D eigenvalue weighted by molar-refractivity contribution is -0.485. The molecule has 0 aliphatic rings. The zero-order chi connectivity index (χ0) is 15.1. The minimum absolute atomic E-state index is 0.110. The van der Waals surface area contributed by atoms with Gasteiger partial charge in [0.1, 0.15) is 0 Å². The fraction of sp³-hybridized carbons (Fsp3) is 0.188. The van der Waals surface area contributed by atoms with Crippen molar-refractivity contribution in [2.45, 2.75) is 6.42 Å². The van der Waals surface area contributed by atoms with Crippen LogP contribution in [0.1, 0.15) is 16.8 Å². The van der Waals surface area contributed by atoms with Crippen LogP contribution < -0.4 is 0 Å². The molecule has 0 saturated carbocycles. The van der Waals surface area contributed by atoms with Crippen LogP contribution in [-0.2, 0) is 0 Å². The molecule has 0 bridgehead atoms. The zero-order valence-corrected chi connectivity index (χ0v) is 11.5. The molecular weight excluding hydrogens is 268 g/mol. The van der Waals surface area contributed by atoms with Crippen LogP contribution in [-0.4, -0.2) is 21.9 Å². The van der Waals surface area contributed by atoms with Gasteiger partial charge in [-0.05, 0) is 17.7 Å². The van der Waals surface area contributed by atoms with Gasteiger partial charge in [0.25, 0.3) is 0 Å². The number of benzene rings is 1. The summed E-state index contributed by atoms with van der Waals surface area (Å²) in [5.41, 5.74) is 0.958. The standard InChI is InChI=1S/C16H16N2O3/c19-16(17-10-4-5-11-17)12-15(13-18(20)21)9-8-14-6-2-1-3-7-14/h1-11,15H,12-13H2/b9-8+/t15-/m1/s1. The van der Waals surface area contributed by atoms with Gasteiger partial charge in [-0.25, -0.2) is 0 Å². The lowest BCUT2D eigenvalue weighted by Crippen LogP contribution is -2.19. The first-order valence-corrected chi connectivity index (χ1v) is 6.66. The lowest BCUT2D eigenvalue weighted by Gasteiger charge is -2.08. The molecule has 21 heavy (non-hydrogen) atoms. The predicted octanol–water partition coefficient (Wildman–Crippen LogP) is 3.12. The van der Waals surface area contributed by atoms with E-state index in [2.05, 4.69) is 0 Å². The third-order valence-electron chi connectivity index (χ3n) is 3.07. The average molecular weight is 284 g/mol. The highest BCUT2D eigenvalue weighted by atomic mass is 16.6. The number of carbonyl (C=O) groups excluding carboxylic acids is 1. The van der Waals surface area contributed by atoms with Gasteiger partial charge in [0.05, 0.1) is 5.92 Å². The molecule has 0 aliphatic carbocycles. The molecule has 0 N–H and O–H groups in total.